The molecule has 1 atom stereocenters. The van der Waals surface area contributed by atoms with Crippen LogP contribution in [0.4, 0.5) is 10.1 Å². The van der Waals surface area contributed by atoms with Gasteiger partial charge in [0.1, 0.15) is 5.82 Å². The number of carbonyl (C=O) groups is 1. The molecular formula is C12H15FN2O. The third kappa shape index (κ3) is 2.58. The predicted molar refractivity (Wildman–Crippen MR) is 60.7 cm³/mol. The number of benzene rings is 1. The van der Waals surface area contributed by atoms with Gasteiger partial charge in [-0.05, 0) is 43.7 Å². The van der Waals surface area contributed by atoms with Crippen molar-refractivity contribution in [3.63, 3.8) is 0 Å². The minimum atomic E-state index is -0.320. The Hall–Kier alpha value is -1.42. The molecule has 3 nitrogen and oxygen atoms in total. The van der Waals surface area contributed by atoms with Crippen LogP contribution in [0.1, 0.15) is 12.0 Å². The van der Waals surface area contributed by atoms with Gasteiger partial charge in [0.05, 0.1) is 5.92 Å². The second-order valence-electron chi connectivity index (χ2n) is 4.20. The fourth-order valence-corrected chi connectivity index (χ4v) is 1.93. The molecule has 1 unspecified atom stereocenters. The summed E-state index contributed by atoms with van der Waals surface area (Å²) in [5.41, 5.74) is 1.34. The van der Waals surface area contributed by atoms with Gasteiger partial charge in [-0.15, -0.1) is 0 Å². The van der Waals surface area contributed by atoms with E-state index in [1.165, 1.54) is 12.1 Å². The largest absolute Gasteiger partial charge is 0.326 e. The average molecular weight is 222 g/mol. The number of hydrogen-bond donors (Lipinski definition) is 2. The number of anilines is 1. The molecule has 1 heterocycles. The van der Waals surface area contributed by atoms with E-state index in [2.05, 4.69) is 10.6 Å². The number of halogens is 1. The van der Waals surface area contributed by atoms with Gasteiger partial charge in [-0.3, -0.25) is 4.79 Å². The summed E-state index contributed by atoms with van der Waals surface area (Å²) in [4.78, 5) is 11.8. The summed E-state index contributed by atoms with van der Waals surface area (Å²) < 4.78 is 13.1. The third-order valence-corrected chi connectivity index (χ3v) is 2.74. The van der Waals surface area contributed by atoms with Gasteiger partial charge in [0.25, 0.3) is 0 Å². The Labute approximate surface area is 94.0 Å². The monoisotopic (exact) mass is 222 g/mol. The van der Waals surface area contributed by atoms with E-state index in [0.29, 0.717) is 12.2 Å². The van der Waals surface area contributed by atoms with Crippen molar-refractivity contribution in [3.8, 4) is 0 Å². The average Bonchev–Trinajstić information content (AvgIpc) is 2.68. The van der Waals surface area contributed by atoms with Gasteiger partial charge in [-0.25, -0.2) is 4.39 Å². The van der Waals surface area contributed by atoms with Crippen molar-refractivity contribution in [2.24, 2.45) is 5.92 Å². The van der Waals surface area contributed by atoms with E-state index in [1.54, 1.807) is 13.0 Å². The van der Waals surface area contributed by atoms with Crippen molar-refractivity contribution >= 4 is 11.6 Å². The maximum absolute atomic E-state index is 13.1. The molecule has 0 spiro atoms. The van der Waals surface area contributed by atoms with E-state index < -0.39 is 0 Å². The summed E-state index contributed by atoms with van der Waals surface area (Å²) in [5.74, 6) is -0.349. The topological polar surface area (TPSA) is 41.1 Å². The third-order valence-electron chi connectivity index (χ3n) is 2.74. The lowest BCUT2D eigenvalue weighted by Crippen LogP contribution is -2.24. The second kappa shape index (κ2) is 4.61. The summed E-state index contributed by atoms with van der Waals surface area (Å²) >= 11 is 0. The Bertz CT molecular complexity index is 380. The maximum Gasteiger partial charge on any atom is 0.228 e. The molecule has 86 valence electrons. The van der Waals surface area contributed by atoms with Crippen molar-refractivity contribution in [3.05, 3.63) is 29.6 Å². The van der Waals surface area contributed by atoms with Crippen molar-refractivity contribution < 1.29 is 9.18 Å². The van der Waals surface area contributed by atoms with E-state index in [1.807, 2.05) is 0 Å². The van der Waals surface area contributed by atoms with Crippen LogP contribution in [0, 0.1) is 18.7 Å². The zero-order valence-electron chi connectivity index (χ0n) is 9.22. The fraction of sp³-hybridized carbons (Fsp3) is 0.417. The Morgan fingerprint density at radius 2 is 2.31 bits per heavy atom. The van der Waals surface area contributed by atoms with Crippen molar-refractivity contribution in [2.45, 2.75) is 13.3 Å². The number of nitrogens with one attached hydrogen (secondary N) is 2. The van der Waals surface area contributed by atoms with Crippen LogP contribution in [-0.2, 0) is 4.79 Å². The van der Waals surface area contributed by atoms with Crippen LogP contribution in [0.2, 0.25) is 0 Å². The lowest BCUT2D eigenvalue weighted by molar-refractivity contribution is -0.119. The first-order chi connectivity index (χ1) is 7.65. The lowest BCUT2D eigenvalue weighted by Gasteiger charge is -2.10. The minimum Gasteiger partial charge on any atom is -0.326 e. The van der Waals surface area contributed by atoms with Crippen LogP contribution in [-0.4, -0.2) is 19.0 Å². The number of amides is 1. The molecule has 2 rings (SSSR count). The SMILES string of the molecule is Cc1cc(F)cc(NC(=O)C2CCNC2)c1. The van der Waals surface area contributed by atoms with E-state index in [-0.39, 0.29) is 17.6 Å². The molecule has 1 aromatic rings. The summed E-state index contributed by atoms with van der Waals surface area (Å²) in [6.45, 7) is 3.39. The molecule has 1 aliphatic heterocycles. The Kier molecular flexibility index (Phi) is 3.19. The van der Waals surface area contributed by atoms with Gasteiger partial charge >= 0.3 is 0 Å². The van der Waals surface area contributed by atoms with E-state index in [4.69, 9.17) is 0 Å². The molecule has 0 radical (unpaired) electrons. The molecule has 0 saturated carbocycles. The molecule has 1 saturated heterocycles. The van der Waals surface area contributed by atoms with E-state index in [9.17, 15) is 9.18 Å². The quantitative estimate of drug-likeness (QED) is 0.799. The van der Waals surface area contributed by atoms with Crippen LogP contribution in [0.25, 0.3) is 0 Å². The number of rotatable bonds is 2. The summed E-state index contributed by atoms with van der Waals surface area (Å²) in [5, 5.41) is 5.87. The van der Waals surface area contributed by atoms with Crippen molar-refractivity contribution in [2.75, 3.05) is 18.4 Å². The smallest absolute Gasteiger partial charge is 0.228 e. The second-order valence-corrected chi connectivity index (χ2v) is 4.20. The lowest BCUT2D eigenvalue weighted by atomic mass is 10.1. The van der Waals surface area contributed by atoms with E-state index in [0.717, 1.165) is 18.5 Å². The maximum atomic E-state index is 13.1. The minimum absolute atomic E-state index is 0.00331. The molecule has 1 amide bonds. The van der Waals surface area contributed by atoms with Crippen LogP contribution in [0.5, 0.6) is 0 Å². The van der Waals surface area contributed by atoms with Crippen LogP contribution >= 0.6 is 0 Å². The van der Waals surface area contributed by atoms with Gasteiger partial charge in [0, 0.05) is 12.2 Å². The summed E-state index contributed by atoms with van der Waals surface area (Å²) in [6, 6.07) is 4.55. The zero-order valence-corrected chi connectivity index (χ0v) is 9.22. The van der Waals surface area contributed by atoms with Crippen LogP contribution < -0.4 is 10.6 Å². The highest BCUT2D eigenvalue weighted by molar-refractivity contribution is 5.92. The Morgan fingerprint density at radius 3 is 2.94 bits per heavy atom. The van der Waals surface area contributed by atoms with E-state index >= 15 is 0 Å². The standard InChI is InChI=1S/C12H15FN2O/c1-8-4-10(13)6-11(5-8)15-12(16)9-2-3-14-7-9/h4-6,9,14H,2-3,7H2,1H3,(H,15,16). The first kappa shape index (κ1) is 11.1. The van der Waals surface area contributed by atoms with Gasteiger partial charge in [0.2, 0.25) is 5.91 Å². The molecule has 16 heavy (non-hydrogen) atoms. The summed E-state index contributed by atoms with van der Waals surface area (Å²) in [7, 11) is 0. The number of aryl methyl sites for hydroxylation is 1. The number of carbonyl (C=O) groups excluding carboxylic acids is 1. The molecule has 4 heteroatoms. The highest BCUT2D eigenvalue weighted by atomic mass is 19.1. The summed E-state index contributed by atoms with van der Waals surface area (Å²) in [6.07, 6.45) is 0.847. The molecule has 0 aliphatic carbocycles. The first-order valence-electron chi connectivity index (χ1n) is 5.44. The molecular weight excluding hydrogens is 207 g/mol. The van der Waals surface area contributed by atoms with Crippen molar-refractivity contribution in [1.29, 1.82) is 0 Å². The molecule has 1 fully saturated rings. The molecule has 1 aliphatic rings. The zero-order chi connectivity index (χ0) is 11.5. The highest BCUT2D eigenvalue weighted by Gasteiger charge is 2.22. The Balaban J connectivity index is 2.05. The van der Waals surface area contributed by atoms with Gasteiger partial charge in [-0.2, -0.15) is 0 Å². The van der Waals surface area contributed by atoms with Gasteiger partial charge in [0.15, 0.2) is 0 Å². The normalized spacial score (nSPS) is 19.8. The van der Waals surface area contributed by atoms with Gasteiger partial charge < -0.3 is 10.6 Å². The Morgan fingerprint density at radius 1 is 1.50 bits per heavy atom. The molecule has 2 N–H and O–H groups in total. The van der Waals surface area contributed by atoms with Crippen molar-refractivity contribution in [1.82, 2.24) is 5.32 Å². The highest BCUT2D eigenvalue weighted by Crippen LogP contribution is 2.16. The van der Waals surface area contributed by atoms with Gasteiger partial charge in [-0.1, -0.05) is 0 Å². The fourth-order valence-electron chi connectivity index (χ4n) is 1.93. The first-order valence-corrected chi connectivity index (χ1v) is 5.44. The van der Waals surface area contributed by atoms with Crippen LogP contribution in [0.15, 0.2) is 18.2 Å². The molecule has 0 aromatic heterocycles. The molecule has 1 aromatic carbocycles. The van der Waals surface area contributed by atoms with Crippen LogP contribution in [0.3, 0.4) is 0 Å². The number of hydrogen-bond acceptors (Lipinski definition) is 2. The molecule has 0 bridgehead atoms. The predicted octanol–water partition coefficient (Wildman–Crippen LogP) is 1.68.